The quantitative estimate of drug-likeness (QED) is 0.811. The molecule has 1 heterocycles. The first kappa shape index (κ1) is 13.3. The maximum atomic E-state index is 12.3. The predicted molar refractivity (Wildman–Crippen MR) is 81.2 cm³/mol. The zero-order valence-electron chi connectivity index (χ0n) is 10.9. The fourth-order valence-corrected chi connectivity index (χ4v) is 2.94. The van der Waals surface area contributed by atoms with Crippen LogP contribution in [0.3, 0.4) is 0 Å². The lowest BCUT2D eigenvalue weighted by atomic mass is 10.1. The molecular formula is C16H14BrNO2. The van der Waals surface area contributed by atoms with E-state index < -0.39 is 0 Å². The van der Waals surface area contributed by atoms with E-state index in [9.17, 15) is 9.59 Å². The lowest BCUT2D eigenvalue weighted by Crippen LogP contribution is -2.26. The maximum Gasteiger partial charge on any atom is 0.251 e. The Morgan fingerprint density at radius 3 is 2.60 bits per heavy atom. The number of Topliss-reactive ketones (excluding diaryl/α,β-unsaturated/α-hetero) is 1. The molecule has 0 aliphatic heterocycles. The highest BCUT2D eigenvalue weighted by molar-refractivity contribution is 9.10. The molecule has 1 aliphatic rings. The van der Waals surface area contributed by atoms with E-state index in [1.807, 2.05) is 18.2 Å². The first-order chi connectivity index (χ1) is 9.65. The number of benzene rings is 1. The number of fused-ring (bicyclic) bond motifs is 1. The van der Waals surface area contributed by atoms with Gasteiger partial charge in [0.25, 0.3) is 5.56 Å². The molecule has 0 atom stereocenters. The summed E-state index contributed by atoms with van der Waals surface area (Å²) >= 11 is 3.35. The second-order valence-electron chi connectivity index (χ2n) is 5.01. The molecule has 0 N–H and O–H groups in total. The van der Waals surface area contributed by atoms with Gasteiger partial charge in [-0.2, -0.15) is 0 Å². The van der Waals surface area contributed by atoms with Crippen LogP contribution in [0.5, 0.6) is 0 Å². The van der Waals surface area contributed by atoms with Crippen molar-refractivity contribution >= 4 is 21.7 Å². The third-order valence-electron chi connectivity index (χ3n) is 3.72. The highest BCUT2D eigenvalue weighted by atomic mass is 79.9. The third-order valence-corrected chi connectivity index (χ3v) is 4.25. The molecule has 4 heteroatoms. The summed E-state index contributed by atoms with van der Waals surface area (Å²) in [5.41, 5.74) is 2.78. The van der Waals surface area contributed by atoms with Crippen molar-refractivity contribution in [3.05, 3.63) is 68.0 Å². The molecule has 1 aliphatic carbocycles. The molecule has 1 aromatic carbocycles. The fraction of sp³-hybridized carbons (Fsp3) is 0.250. The first-order valence-corrected chi connectivity index (χ1v) is 7.45. The van der Waals surface area contributed by atoms with Gasteiger partial charge in [-0.1, -0.05) is 34.1 Å². The van der Waals surface area contributed by atoms with Crippen LogP contribution in [0.15, 0.2) is 45.7 Å². The standard InChI is InChI=1S/C16H14BrNO2/c17-13-7-4-12(5-8-13)15(19)10-18-14-3-1-2-11(14)6-9-16(18)20/h4-9H,1-3,10H2. The van der Waals surface area contributed by atoms with Crippen LogP contribution in [0.4, 0.5) is 0 Å². The van der Waals surface area contributed by atoms with Crippen LogP contribution in [0.1, 0.15) is 28.0 Å². The number of nitrogens with zero attached hydrogens (tertiary/aromatic N) is 1. The van der Waals surface area contributed by atoms with Crippen LogP contribution in [-0.2, 0) is 19.4 Å². The highest BCUT2D eigenvalue weighted by Gasteiger charge is 2.17. The zero-order chi connectivity index (χ0) is 14.1. The number of rotatable bonds is 3. The summed E-state index contributed by atoms with van der Waals surface area (Å²) in [6, 6.07) is 10.7. The zero-order valence-corrected chi connectivity index (χ0v) is 12.5. The van der Waals surface area contributed by atoms with E-state index in [0.29, 0.717) is 5.56 Å². The summed E-state index contributed by atoms with van der Waals surface area (Å²) in [6.45, 7) is 0.129. The monoisotopic (exact) mass is 331 g/mol. The molecule has 0 amide bonds. The predicted octanol–water partition coefficient (Wildman–Crippen LogP) is 2.98. The molecule has 3 nitrogen and oxygen atoms in total. The second kappa shape index (κ2) is 5.37. The van der Waals surface area contributed by atoms with Crippen molar-refractivity contribution in [3.63, 3.8) is 0 Å². The van der Waals surface area contributed by atoms with Crippen LogP contribution in [0, 0.1) is 0 Å². The average molecular weight is 332 g/mol. The van der Waals surface area contributed by atoms with E-state index in [2.05, 4.69) is 15.9 Å². The number of pyridine rings is 1. The minimum atomic E-state index is -0.0869. The topological polar surface area (TPSA) is 39.1 Å². The van der Waals surface area contributed by atoms with Crippen molar-refractivity contribution in [1.29, 1.82) is 0 Å². The van der Waals surface area contributed by atoms with Gasteiger partial charge in [-0.3, -0.25) is 9.59 Å². The molecule has 1 aromatic heterocycles. The lowest BCUT2D eigenvalue weighted by Gasteiger charge is -2.11. The van der Waals surface area contributed by atoms with E-state index in [1.54, 1.807) is 22.8 Å². The number of hydrogen-bond donors (Lipinski definition) is 0. The Hall–Kier alpha value is -1.68. The summed E-state index contributed by atoms with van der Waals surface area (Å²) < 4.78 is 2.57. The number of halogens is 1. The Labute approximate surface area is 125 Å². The summed E-state index contributed by atoms with van der Waals surface area (Å²) in [5, 5.41) is 0. The lowest BCUT2D eigenvalue weighted by molar-refractivity contribution is 0.0970. The van der Waals surface area contributed by atoms with E-state index in [4.69, 9.17) is 0 Å². The molecule has 0 bridgehead atoms. The van der Waals surface area contributed by atoms with Gasteiger partial charge in [0.05, 0.1) is 6.54 Å². The molecule has 0 spiro atoms. The van der Waals surface area contributed by atoms with E-state index >= 15 is 0 Å². The largest absolute Gasteiger partial charge is 0.305 e. The molecule has 20 heavy (non-hydrogen) atoms. The smallest absolute Gasteiger partial charge is 0.251 e. The summed E-state index contributed by atoms with van der Waals surface area (Å²) in [5.74, 6) is -0.0279. The Kier molecular flexibility index (Phi) is 3.57. The van der Waals surface area contributed by atoms with Gasteiger partial charge in [-0.05, 0) is 37.0 Å². The molecule has 0 unspecified atom stereocenters. The van der Waals surface area contributed by atoms with Crippen molar-refractivity contribution in [2.75, 3.05) is 0 Å². The van der Waals surface area contributed by atoms with Crippen molar-refractivity contribution in [3.8, 4) is 0 Å². The van der Waals surface area contributed by atoms with E-state index in [1.165, 1.54) is 5.56 Å². The molecule has 2 aromatic rings. The van der Waals surface area contributed by atoms with Gasteiger partial charge in [0.1, 0.15) is 0 Å². The van der Waals surface area contributed by atoms with Crippen LogP contribution < -0.4 is 5.56 Å². The number of ketones is 1. The van der Waals surface area contributed by atoms with Crippen molar-refractivity contribution < 1.29 is 4.79 Å². The minimum Gasteiger partial charge on any atom is -0.305 e. The van der Waals surface area contributed by atoms with Gasteiger partial charge >= 0.3 is 0 Å². The molecule has 0 saturated heterocycles. The van der Waals surface area contributed by atoms with Gasteiger partial charge in [0.15, 0.2) is 5.78 Å². The van der Waals surface area contributed by atoms with Crippen molar-refractivity contribution in [1.82, 2.24) is 4.57 Å². The van der Waals surface area contributed by atoms with Gasteiger partial charge < -0.3 is 4.57 Å². The molecule has 0 radical (unpaired) electrons. The number of hydrogen-bond acceptors (Lipinski definition) is 2. The molecule has 0 saturated carbocycles. The van der Waals surface area contributed by atoms with Crippen LogP contribution in [0.25, 0.3) is 0 Å². The molecule has 102 valence electrons. The van der Waals surface area contributed by atoms with E-state index in [-0.39, 0.29) is 17.9 Å². The molecule has 3 rings (SSSR count). The second-order valence-corrected chi connectivity index (χ2v) is 5.93. The number of aromatic nitrogens is 1. The van der Waals surface area contributed by atoms with Gasteiger partial charge in [0, 0.05) is 21.8 Å². The Balaban J connectivity index is 1.92. The highest BCUT2D eigenvalue weighted by Crippen LogP contribution is 2.20. The third kappa shape index (κ3) is 2.48. The van der Waals surface area contributed by atoms with Crippen molar-refractivity contribution in [2.45, 2.75) is 25.8 Å². The Bertz CT molecular complexity index is 716. The van der Waals surface area contributed by atoms with Gasteiger partial charge in [-0.25, -0.2) is 0 Å². The van der Waals surface area contributed by atoms with E-state index in [0.717, 1.165) is 29.4 Å². The van der Waals surface area contributed by atoms with Gasteiger partial charge in [-0.15, -0.1) is 0 Å². The minimum absolute atomic E-state index is 0.0279. The summed E-state index contributed by atoms with van der Waals surface area (Å²) in [7, 11) is 0. The summed E-state index contributed by atoms with van der Waals surface area (Å²) in [6.07, 6.45) is 2.95. The molecular weight excluding hydrogens is 318 g/mol. The summed E-state index contributed by atoms with van der Waals surface area (Å²) in [4.78, 5) is 24.3. The fourth-order valence-electron chi connectivity index (χ4n) is 2.68. The average Bonchev–Trinajstić information content (AvgIpc) is 2.91. The number of aryl methyl sites for hydroxylation is 1. The normalized spacial score (nSPS) is 13.2. The Morgan fingerprint density at radius 1 is 1.10 bits per heavy atom. The van der Waals surface area contributed by atoms with Crippen molar-refractivity contribution in [2.24, 2.45) is 0 Å². The van der Waals surface area contributed by atoms with Crippen LogP contribution in [0.2, 0.25) is 0 Å². The number of carbonyl (C=O) groups is 1. The van der Waals surface area contributed by atoms with Gasteiger partial charge in [0.2, 0.25) is 0 Å². The van der Waals surface area contributed by atoms with Crippen LogP contribution >= 0.6 is 15.9 Å². The number of carbonyl (C=O) groups excluding carboxylic acids is 1. The van der Waals surface area contributed by atoms with Crippen LogP contribution in [-0.4, -0.2) is 10.4 Å². The maximum absolute atomic E-state index is 12.3. The SMILES string of the molecule is O=C(Cn1c2c(ccc1=O)CCC2)c1ccc(Br)cc1. The Morgan fingerprint density at radius 2 is 1.85 bits per heavy atom. The first-order valence-electron chi connectivity index (χ1n) is 6.65. The molecule has 0 fully saturated rings.